The summed E-state index contributed by atoms with van der Waals surface area (Å²) in [6.45, 7) is 0.349. The number of benzene rings is 3. The molecule has 0 spiro atoms. The van der Waals surface area contributed by atoms with Crippen LogP contribution in [0.5, 0.6) is 17.2 Å². The summed E-state index contributed by atoms with van der Waals surface area (Å²) >= 11 is 0. The number of para-hydroxylation sites is 2. The molecule has 0 aromatic heterocycles. The molecule has 0 bridgehead atoms. The number of sulfonamides is 1. The first-order valence-electron chi connectivity index (χ1n) is 10.8. The minimum atomic E-state index is -3.65. The van der Waals surface area contributed by atoms with E-state index in [1.165, 1.54) is 0 Å². The first kappa shape index (κ1) is 23.3. The lowest BCUT2D eigenvalue weighted by atomic mass is 10.0. The minimum Gasteiger partial charge on any atom is -0.496 e. The second kappa shape index (κ2) is 10.4. The van der Waals surface area contributed by atoms with E-state index in [4.69, 9.17) is 14.3 Å². The van der Waals surface area contributed by atoms with E-state index in [1.807, 2.05) is 78.9 Å². The average molecular weight is 469 g/mol. The van der Waals surface area contributed by atoms with Gasteiger partial charge in [-0.05, 0) is 47.9 Å². The van der Waals surface area contributed by atoms with Crippen molar-refractivity contribution in [1.82, 2.24) is 9.79 Å². The fourth-order valence-corrected chi connectivity index (χ4v) is 5.52. The van der Waals surface area contributed by atoms with Crippen molar-refractivity contribution in [3.05, 3.63) is 90.0 Å². The molecule has 3 aromatic carbocycles. The Kier molecular flexibility index (Phi) is 7.29. The number of methoxy groups -OCH3 is 1. The van der Waals surface area contributed by atoms with Crippen molar-refractivity contribution in [2.24, 2.45) is 0 Å². The van der Waals surface area contributed by atoms with Gasteiger partial charge >= 0.3 is 0 Å². The van der Waals surface area contributed by atoms with E-state index < -0.39 is 21.3 Å². The molecule has 2 atom stereocenters. The molecule has 0 saturated carbocycles. The van der Waals surface area contributed by atoms with Crippen LogP contribution in [-0.4, -0.2) is 46.0 Å². The molecule has 7 nitrogen and oxygen atoms in total. The number of hydrogen-bond donors (Lipinski definition) is 1. The number of rotatable bonds is 9. The lowest BCUT2D eigenvalue weighted by Gasteiger charge is -2.23. The Bertz CT molecular complexity index is 1170. The fraction of sp³-hybridized carbons (Fsp3) is 0.280. The van der Waals surface area contributed by atoms with Gasteiger partial charge in [-0.3, -0.25) is 4.84 Å². The quantitative estimate of drug-likeness (QED) is 0.513. The monoisotopic (exact) mass is 468 g/mol. The van der Waals surface area contributed by atoms with Crippen LogP contribution in [0.25, 0.3) is 0 Å². The zero-order valence-corrected chi connectivity index (χ0v) is 19.5. The molecule has 4 rings (SSSR count). The first-order valence-corrected chi connectivity index (χ1v) is 12.3. The zero-order chi connectivity index (χ0) is 23.3. The Hall–Kier alpha value is -2.91. The molecule has 174 valence electrons. The summed E-state index contributed by atoms with van der Waals surface area (Å²) in [5, 5.41) is 0.846. The number of nitrogens with zero attached hydrogens (tertiary/aromatic N) is 1. The van der Waals surface area contributed by atoms with Crippen molar-refractivity contribution in [2.75, 3.05) is 27.3 Å². The normalized spacial score (nSPS) is 18.8. The molecule has 1 heterocycles. The molecule has 1 aliphatic heterocycles. The van der Waals surface area contributed by atoms with Gasteiger partial charge < -0.3 is 9.47 Å². The van der Waals surface area contributed by atoms with Crippen LogP contribution in [0.15, 0.2) is 78.9 Å². The van der Waals surface area contributed by atoms with Gasteiger partial charge in [-0.2, -0.15) is 5.06 Å². The number of ether oxygens (including phenoxy) is 2. The van der Waals surface area contributed by atoms with Crippen LogP contribution >= 0.6 is 0 Å². The molecule has 8 heteroatoms. The largest absolute Gasteiger partial charge is 0.496 e. The Morgan fingerprint density at radius 2 is 1.73 bits per heavy atom. The van der Waals surface area contributed by atoms with E-state index >= 15 is 0 Å². The second-order valence-corrected chi connectivity index (χ2v) is 9.80. The van der Waals surface area contributed by atoms with Crippen molar-refractivity contribution in [3.63, 3.8) is 0 Å². The third kappa shape index (κ3) is 5.54. The smallest absolute Gasteiger partial charge is 0.218 e. The molecule has 33 heavy (non-hydrogen) atoms. The molecule has 1 fully saturated rings. The van der Waals surface area contributed by atoms with E-state index in [2.05, 4.69) is 4.72 Å². The van der Waals surface area contributed by atoms with Crippen LogP contribution in [0.1, 0.15) is 17.2 Å². The molecule has 1 saturated heterocycles. The molecule has 1 aliphatic rings. The van der Waals surface area contributed by atoms with Crippen molar-refractivity contribution >= 4 is 10.0 Å². The molecular formula is C25H28N2O5S. The van der Waals surface area contributed by atoms with Crippen molar-refractivity contribution in [2.45, 2.75) is 17.7 Å². The summed E-state index contributed by atoms with van der Waals surface area (Å²) in [5.41, 5.74) is 1.76. The standard InChI is InChI=1S/C25H28N2O5S/c1-27-25(20-10-8-13-22(17-20)32-21-11-4-3-5-12-21)24(18-31-27)33(28,29)26-16-15-19-9-6-7-14-23(19)30-2/h3-14,17,24-26H,15-16,18H2,1-2H3. The second-order valence-electron chi connectivity index (χ2n) is 7.81. The predicted molar refractivity (Wildman–Crippen MR) is 127 cm³/mol. The molecule has 2 unspecified atom stereocenters. The highest BCUT2D eigenvalue weighted by atomic mass is 32.2. The Morgan fingerprint density at radius 1 is 1.00 bits per heavy atom. The summed E-state index contributed by atoms with van der Waals surface area (Å²) in [4.78, 5) is 5.63. The molecule has 3 aromatic rings. The predicted octanol–water partition coefficient (Wildman–Crippen LogP) is 3.94. The van der Waals surface area contributed by atoms with Crippen LogP contribution in [0.3, 0.4) is 0 Å². The topological polar surface area (TPSA) is 77.1 Å². The third-order valence-electron chi connectivity index (χ3n) is 5.65. The summed E-state index contributed by atoms with van der Waals surface area (Å²) in [5.74, 6) is 2.10. The SMILES string of the molecule is COc1ccccc1CCNS(=O)(=O)C1CON(C)C1c1cccc(Oc2ccccc2)c1. The Labute approximate surface area is 194 Å². The van der Waals surface area contributed by atoms with E-state index in [1.54, 1.807) is 19.2 Å². The fourth-order valence-electron chi connectivity index (χ4n) is 4.01. The highest BCUT2D eigenvalue weighted by molar-refractivity contribution is 7.90. The van der Waals surface area contributed by atoms with Gasteiger partial charge in [-0.25, -0.2) is 13.1 Å². The first-order chi connectivity index (χ1) is 16.0. The van der Waals surface area contributed by atoms with Crippen LogP contribution in [0.4, 0.5) is 0 Å². The maximum absolute atomic E-state index is 13.2. The average Bonchev–Trinajstić information content (AvgIpc) is 3.22. The zero-order valence-electron chi connectivity index (χ0n) is 18.7. The van der Waals surface area contributed by atoms with E-state index in [9.17, 15) is 8.42 Å². The highest BCUT2D eigenvalue weighted by Gasteiger charge is 2.43. The van der Waals surface area contributed by atoms with Gasteiger partial charge in [-0.1, -0.05) is 48.5 Å². The van der Waals surface area contributed by atoms with Gasteiger partial charge in [0.05, 0.1) is 19.8 Å². The van der Waals surface area contributed by atoms with Crippen LogP contribution in [-0.2, 0) is 21.3 Å². The van der Waals surface area contributed by atoms with Crippen molar-refractivity contribution < 1.29 is 22.7 Å². The summed E-state index contributed by atoms with van der Waals surface area (Å²) < 4.78 is 40.4. The summed E-state index contributed by atoms with van der Waals surface area (Å²) in [6, 6.07) is 24.1. The van der Waals surface area contributed by atoms with Gasteiger partial charge in [0.1, 0.15) is 22.5 Å². The van der Waals surface area contributed by atoms with Crippen LogP contribution < -0.4 is 14.2 Å². The van der Waals surface area contributed by atoms with Crippen molar-refractivity contribution in [3.8, 4) is 17.2 Å². The lowest BCUT2D eigenvalue weighted by Crippen LogP contribution is -2.40. The van der Waals surface area contributed by atoms with Gasteiger partial charge in [0.2, 0.25) is 10.0 Å². The van der Waals surface area contributed by atoms with Crippen molar-refractivity contribution in [1.29, 1.82) is 0 Å². The van der Waals surface area contributed by atoms with E-state index in [-0.39, 0.29) is 13.2 Å². The number of hydrogen-bond acceptors (Lipinski definition) is 6. The number of hydroxylamine groups is 2. The molecule has 1 N–H and O–H groups in total. The third-order valence-corrected chi connectivity index (χ3v) is 7.45. The molecule has 0 amide bonds. The Balaban J connectivity index is 1.48. The van der Waals surface area contributed by atoms with Gasteiger partial charge in [0.15, 0.2) is 0 Å². The summed E-state index contributed by atoms with van der Waals surface area (Å²) in [6.07, 6.45) is 0.526. The highest BCUT2D eigenvalue weighted by Crippen LogP contribution is 2.35. The Morgan fingerprint density at radius 3 is 2.52 bits per heavy atom. The maximum Gasteiger partial charge on any atom is 0.218 e. The van der Waals surface area contributed by atoms with Gasteiger partial charge in [0, 0.05) is 13.6 Å². The maximum atomic E-state index is 13.2. The van der Waals surface area contributed by atoms with Crippen LogP contribution in [0, 0.1) is 0 Å². The lowest BCUT2D eigenvalue weighted by molar-refractivity contribution is -0.110. The number of nitrogens with one attached hydrogen (secondary N) is 1. The van der Waals surface area contributed by atoms with E-state index in [0.717, 1.165) is 16.9 Å². The molecule has 0 aliphatic carbocycles. The van der Waals surface area contributed by atoms with Gasteiger partial charge in [0.25, 0.3) is 0 Å². The molecular weight excluding hydrogens is 440 g/mol. The van der Waals surface area contributed by atoms with Gasteiger partial charge in [-0.15, -0.1) is 0 Å². The van der Waals surface area contributed by atoms with Crippen LogP contribution in [0.2, 0.25) is 0 Å². The van der Waals surface area contributed by atoms with E-state index in [0.29, 0.717) is 17.9 Å². The minimum absolute atomic E-state index is 0.0783. The summed E-state index contributed by atoms with van der Waals surface area (Å²) in [7, 11) is -0.294. The molecule has 0 radical (unpaired) electrons.